The fourth-order valence-electron chi connectivity index (χ4n) is 1.95. The van der Waals surface area contributed by atoms with E-state index in [2.05, 4.69) is 9.97 Å². The largest absolute Gasteiger partial charge is 0.488 e. The van der Waals surface area contributed by atoms with Crippen LogP contribution in [0.4, 0.5) is 0 Å². The van der Waals surface area contributed by atoms with Gasteiger partial charge < -0.3 is 10.0 Å². The molecule has 1 aromatic heterocycles. The van der Waals surface area contributed by atoms with Crippen LogP contribution in [-0.4, -0.2) is 27.1 Å². The Morgan fingerprint density at radius 1 is 0.947 bits per heavy atom. The number of para-hydroxylation sites is 1. The smallest absolute Gasteiger partial charge is 0.423 e. The molecule has 0 amide bonds. The van der Waals surface area contributed by atoms with Gasteiger partial charge in [0.15, 0.2) is 5.82 Å². The Bertz CT molecular complexity index is 731. The van der Waals surface area contributed by atoms with E-state index in [0.717, 1.165) is 16.5 Å². The zero-order chi connectivity index (χ0) is 13.2. The van der Waals surface area contributed by atoms with Crippen molar-refractivity contribution in [2.75, 3.05) is 0 Å². The van der Waals surface area contributed by atoms with Crippen LogP contribution in [0.5, 0.6) is 0 Å². The molecule has 0 fully saturated rings. The highest BCUT2D eigenvalue weighted by Crippen LogP contribution is 2.17. The lowest BCUT2D eigenvalue weighted by molar-refractivity contribution is 0.426. The minimum atomic E-state index is -1.49. The lowest BCUT2D eigenvalue weighted by atomic mass is 9.79. The van der Waals surface area contributed by atoms with Gasteiger partial charge in [0.2, 0.25) is 0 Å². The molecular formula is C14H11BN2O2. The Morgan fingerprint density at radius 3 is 2.63 bits per heavy atom. The maximum atomic E-state index is 9.18. The quantitative estimate of drug-likeness (QED) is 0.665. The van der Waals surface area contributed by atoms with Gasteiger partial charge in [0, 0.05) is 17.1 Å². The maximum absolute atomic E-state index is 9.18. The number of aromatic nitrogens is 2. The zero-order valence-corrected chi connectivity index (χ0v) is 10.1. The molecule has 0 unspecified atom stereocenters. The normalized spacial score (nSPS) is 10.6. The van der Waals surface area contributed by atoms with Crippen molar-refractivity contribution in [1.29, 1.82) is 0 Å². The van der Waals surface area contributed by atoms with Crippen LogP contribution < -0.4 is 5.46 Å². The van der Waals surface area contributed by atoms with Crippen LogP contribution >= 0.6 is 0 Å². The highest BCUT2D eigenvalue weighted by atomic mass is 16.4. The first-order chi connectivity index (χ1) is 9.24. The van der Waals surface area contributed by atoms with Crippen molar-refractivity contribution in [3.05, 3.63) is 54.7 Å². The van der Waals surface area contributed by atoms with E-state index in [4.69, 9.17) is 0 Å². The summed E-state index contributed by atoms with van der Waals surface area (Å²) in [6, 6.07) is 14.7. The third kappa shape index (κ3) is 2.34. The molecule has 19 heavy (non-hydrogen) atoms. The second kappa shape index (κ2) is 4.80. The first-order valence-electron chi connectivity index (χ1n) is 5.92. The zero-order valence-electron chi connectivity index (χ0n) is 10.1. The molecule has 0 aliphatic heterocycles. The number of rotatable bonds is 2. The molecule has 2 N–H and O–H groups in total. The van der Waals surface area contributed by atoms with Crippen molar-refractivity contribution in [3.63, 3.8) is 0 Å². The fraction of sp³-hybridized carbons (Fsp3) is 0. The van der Waals surface area contributed by atoms with Gasteiger partial charge in [-0.15, -0.1) is 0 Å². The van der Waals surface area contributed by atoms with Gasteiger partial charge >= 0.3 is 7.12 Å². The number of fused-ring (bicyclic) bond motifs is 1. The Balaban J connectivity index is 2.11. The number of benzene rings is 2. The minimum absolute atomic E-state index is 0.425. The minimum Gasteiger partial charge on any atom is -0.423 e. The summed E-state index contributed by atoms with van der Waals surface area (Å²) in [5, 5.41) is 19.3. The van der Waals surface area contributed by atoms with Crippen molar-refractivity contribution < 1.29 is 10.0 Å². The Hall–Kier alpha value is -2.24. The van der Waals surface area contributed by atoms with Crippen LogP contribution in [0.1, 0.15) is 0 Å². The average Bonchev–Trinajstić information content (AvgIpc) is 2.47. The number of hydrogen-bond acceptors (Lipinski definition) is 4. The van der Waals surface area contributed by atoms with Crippen LogP contribution in [0, 0.1) is 0 Å². The van der Waals surface area contributed by atoms with E-state index in [1.807, 2.05) is 30.3 Å². The number of nitrogens with zero attached hydrogens (tertiary/aromatic N) is 2. The predicted molar refractivity (Wildman–Crippen MR) is 74.8 cm³/mol. The van der Waals surface area contributed by atoms with E-state index in [1.54, 1.807) is 24.4 Å². The molecule has 0 saturated carbocycles. The lowest BCUT2D eigenvalue weighted by Gasteiger charge is -2.04. The van der Waals surface area contributed by atoms with Crippen molar-refractivity contribution in [1.82, 2.24) is 9.97 Å². The molecule has 0 radical (unpaired) electrons. The third-order valence-corrected chi connectivity index (χ3v) is 2.93. The summed E-state index contributed by atoms with van der Waals surface area (Å²) in [7, 11) is -1.49. The highest BCUT2D eigenvalue weighted by Gasteiger charge is 2.12. The SMILES string of the molecule is OB(O)c1cccc(-c2ncc3ccccc3n2)c1. The Morgan fingerprint density at radius 2 is 1.79 bits per heavy atom. The van der Waals surface area contributed by atoms with Gasteiger partial charge in [-0.25, -0.2) is 9.97 Å². The molecule has 0 aliphatic rings. The second-order valence-corrected chi connectivity index (χ2v) is 4.25. The van der Waals surface area contributed by atoms with Crippen LogP contribution in [0.25, 0.3) is 22.3 Å². The van der Waals surface area contributed by atoms with Gasteiger partial charge in [-0.3, -0.25) is 0 Å². The van der Waals surface area contributed by atoms with Crippen LogP contribution in [-0.2, 0) is 0 Å². The summed E-state index contributed by atoms with van der Waals surface area (Å²) in [5.41, 5.74) is 2.05. The monoisotopic (exact) mass is 250 g/mol. The molecule has 2 aromatic carbocycles. The molecule has 3 rings (SSSR count). The summed E-state index contributed by atoms with van der Waals surface area (Å²) in [6.07, 6.45) is 1.76. The first-order valence-corrected chi connectivity index (χ1v) is 5.92. The van der Waals surface area contributed by atoms with Crippen LogP contribution in [0.15, 0.2) is 54.7 Å². The van der Waals surface area contributed by atoms with E-state index in [-0.39, 0.29) is 0 Å². The fourth-order valence-corrected chi connectivity index (χ4v) is 1.95. The standard InChI is InChI=1S/C14H11BN2O2/c18-15(19)12-6-3-5-10(8-12)14-16-9-11-4-1-2-7-13(11)17-14/h1-9,18-19H. The van der Waals surface area contributed by atoms with Crippen molar-refractivity contribution in [3.8, 4) is 11.4 Å². The Kier molecular flexibility index (Phi) is 2.99. The van der Waals surface area contributed by atoms with Crippen molar-refractivity contribution >= 4 is 23.5 Å². The molecule has 0 saturated heterocycles. The maximum Gasteiger partial charge on any atom is 0.488 e. The molecule has 0 atom stereocenters. The van der Waals surface area contributed by atoms with E-state index in [1.165, 1.54) is 0 Å². The van der Waals surface area contributed by atoms with Gasteiger partial charge in [-0.05, 0) is 11.5 Å². The van der Waals surface area contributed by atoms with Gasteiger partial charge in [-0.2, -0.15) is 0 Å². The van der Waals surface area contributed by atoms with Gasteiger partial charge in [0.1, 0.15) is 0 Å². The van der Waals surface area contributed by atoms with Crippen LogP contribution in [0.2, 0.25) is 0 Å². The molecule has 0 bridgehead atoms. The topological polar surface area (TPSA) is 66.2 Å². The van der Waals surface area contributed by atoms with Crippen molar-refractivity contribution in [2.24, 2.45) is 0 Å². The van der Waals surface area contributed by atoms with Crippen molar-refractivity contribution in [2.45, 2.75) is 0 Å². The van der Waals surface area contributed by atoms with Crippen LogP contribution in [0.3, 0.4) is 0 Å². The molecule has 1 heterocycles. The second-order valence-electron chi connectivity index (χ2n) is 4.25. The van der Waals surface area contributed by atoms with Gasteiger partial charge in [-0.1, -0.05) is 42.5 Å². The molecule has 4 nitrogen and oxygen atoms in total. The summed E-state index contributed by atoms with van der Waals surface area (Å²) >= 11 is 0. The third-order valence-electron chi connectivity index (χ3n) is 2.93. The summed E-state index contributed by atoms with van der Waals surface area (Å²) < 4.78 is 0. The molecule has 92 valence electrons. The summed E-state index contributed by atoms with van der Waals surface area (Å²) in [5.74, 6) is 0.571. The molecule has 5 heteroatoms. The average molecular weight is 250 g/mol. The molecule has 0 spiro atoms. The summed E-state index contributed by atoms with van der Waals surface area (Å²) in [4.78, 5) is 8.77. The van der Waals surface area contributed by atoms with E-state index < -0.39 is 7.12 Å². The van der Waals surface area contributed by atoms with E-state index in [9.17, 15) is 10.0 Å². The predicted octanol–water partition coefficient (Wildman–Crippen LogP) is 0.977. The lowest BCUT2D eigenvalue weighted by Crippen LogP contribution is -2.29. The van der Waals surface area contributed by atoms with E-state index >= 15 is 0 Å². The van der Waals surface area contributed by atoms with E-state index in [0.29, 0.717) is 11.3 Å². The molecular weight excluding hydrogens is 239 g/mol. The summed E-state index contributed by atoms with van der Waals surface area (Å²) in [6.45, 7) is 0. The van der Waals surface area contributed by atoms with Gasteiger partial charge in [0.05, 0.1) is 5.52 Å². The molecule has 0 aliphatic carbocycles. The number of hydrogen-bond donors (Lipinski definition) is 2. The molecule has 3 aromatic rings. The highest BCUT2D eigenvalue weighted by molar-refractivity contribution is 6.58. The first kappa shape index (κ1) is 11.8. The Labute approximate surface area is 110 Å². The van der Waals surface area contributed by atoms with Gasteiger partial charge in [0.25, 0.3) is 0 Å².